The van der Waals surface area contributed by atoms with Crippen LogP contribution < -0.4 is 10.6 Å². The smallest absolute Gasteiger partial charge is 0.195 e. The van der Waals surface area contributed by atoms with Gasteiger partial charge in [0, 0.05) is 12.5 Å². The average molecular weight is 209 g/mol. The zero-order valence-corrected chi connectivity index (χ0v) is 9.42. The van der Waals surface area contributed by atoms with Crippen LogP contribution in [0.25, 0.3) is 0 Å². The Morgan fingerprint density at radius 1 is 1.73 bits per heavy atom. The zero-order valence-electron chi connectivity index (χ0n) is 9.42. The van der Waals surface area contributed by atoms with Crippen molar-refractivity contribution in [3.8, 4) is 0 Å². The summed E-state index contributed by atoms with van der Waals surface area (Å²) < 4.78 is 5.68. The van der Waals surface area contributed by atoms with Gasteiger partial charge in [-0.1, -0.05) is 0 Å². The van der Waals surface area contributed by atoms with Gasteiger partial charge in [-0.2, -0.15) is 0 Å². The first-order valence-corrected chi connectivity index (χ1v) is 5.65. The maximum Gasteiger partial charge on any atom is 0.195 e. The molecule has 1 aromatic heterocycles. The Labute approximate surface area is 90.5 Å². The Bertz CT molecular complexity index is 305. The van der Waals surface area contributed by atoms with Gasteiger partial charge in [-0.25, -0.2) is 4.98 Å². The fourth-order valence-corrected chi connectivity index (χ4v) is 1.90. The standard InChI is InChI=1S/C11H19N3O/c1-8(12-2)10-7-14-11(15-10)6-9-4-3-5-13-9/h7-9,12-13H,3-6H2,1-2H3. The van der Waals surface area contributed by atoms with Gasteiger partial charge in [-0.3, -0.25) is 0 Å². The maximum absolute atomic E-state index is 5.68. The van der Waals surface area contributed by atoms with Crippen molar-refractivity contribution in [1.82, 2.24) is 15.6 Å². The van der Waals surface area contributed by atoms with Gasteiger partial charge in [0.25, 0.3) is 0 Å². The third-order valence-corrected chi connectivity index (χ3v) is 3.01. The highest BCUT2D eigenvalue weighted by Gasteiger charge is 2.18. The molecule has 2 N–H and O–H groups in total. The molecule has 0 bridgehead atoms. The lowest BCUT2D eigenvalue weighted by atomic mass is 10.2. The second-order valence-corrected chi connectivity index (χ2v) is 4.16. The molecule has 1 saturated heterocycles. The van der Waals surface area contributed by atoms with Gasteiger partial charge >= 0.3 is 0 Å². The molecular weight excluding hydrogens is 190 g/mol. The Morgan fingerprint density at radius 3 is 3.27 bits per heavy atom. The lowest BCUT2D eigenvalue weighted by Crippen LogP contribution is -2.23. The van der Waals surface area contributed by atoms with Crippen molar-refractivity contribution in [3.63, 3.8) is 0 Å². The summed E-state index contributed by atoms with van der Waals surface area (Å²) in [6, 6.07) is 0.796. The van der Waals surface area contributed by atoms with Gasteiger partial charge in [0.1, 0.15) is 5.76 Å². The zero-order chi connectivity index (χ0) is 10.7. The van der Waals surface area contributed by atoms with E-state index in [1.54, 1.807) is 0 Å². The monoisotopic (exact) mass is 209 g/mol. The van der Waals surface area contributed by atoms with Gasteiger partial charge in [0.05, 0.1) is 12.2 Å². The van der Waals surface area contributed by atoms with E-state index < -0.39 is 0 Å². The number of rotatable bonds is 4. The van der Waals surface area contributed by atoms with Gasteiger partial charge in [0.15, 0.2) is 5.89 Å². The van der Waals surface area contributed by atoms with Crippen molar-refractivity contribution in [2.24, 2.45) is 0 Å². The van der Waals surface area contributed by atoms with Crippen LogP contribution >= 0.6 is 0 Å². The van der Waals surface area contributed by atoms with Crippen LogP contribution in [-0.2, 0) is 6.42 Å². The molecule has 84 valence electrons. The molecule has 1 fully saturated rings. The topological polar surface area (TPSA) is 50.1 Å². The summed E-state index contributed by atoms with van der Waals surface area (Å²) in [4.78, 5) is 4.30. The summed E-state index contributed by atoms with van der Waals surface area (Å²) in [6.45, 7) is 3.20. The highest BCUT2D eigenvalue weighted by molar-refractivity contribution is 5.00. The van der Waals surface area contributed by atoms with Crippen LogP contribution in [0.5, 0.6) is 0 Å². The quantitative estimate of drug-likeness (QED) is 0.783. The first kappa shape index (κ1) is 10.6. The van der Waals surface area contributed by atoms with Crippen LogP contribution in [0.3, 0.4) is 0 Å². The lowest BCUT2D eigenvalue weighted by Gasteiger charge is -2.07. The second-order valence-electron chi connectivity index (χ2n) is 4.16. The second kappa shape index (κ2) is 4.77. The molecule has 1 aromatic rings. The van der Waals surface area contributed by atoms with E-state index in [9.17, 15) is 0 Å². The van der Waals surface area contributed by atoms with E-state index in [-0.39, 0.29) is 6.04 Å². The highest BCUT2D eigenvalue weighted by Crippen LogP contribution is 2.16. The van der Waals surface area contributed by atoms with E-state index in [0.29, 0.717) is 6.04 Å². The number of nitrogens with one attached hydrogen (secondary N) is 2. The number of aromatic nitrogens is 1. The predicted molar refractivity (Wildman–Crippen MR) is 58.7 cm³/mol. The Kier molecular flexibility index (Phi) is 3.38. The largest absolute Gasteiger partial charge is 0.444 e. The fourth-order valence-electron chi connectivity index (χ4n) is 1.90. The summed E-state index contributed by atoms with van der Waals surface area (Å²) in [5.41, 5.74) is 0. The molecule has 4 heteroatoms. The summed E-state index contributed by atoms with van der Waals surface area (Å²) in [5.74, 6) is 1.77. The van der Waals surface area contributed by atoms with Crippen LogP contribution in [0.2, 0.25) is 0 Å². The lowest BCUT2D eigenvalue weighted by molar-refractivity contribution is 0.397. The number of nitrogens with zero attached hydrogens (tertiary/aromatic N) is 1. The third kappa shape index (κ3) is 2.58. The van der Waals surface area contributed by atoms with E-state index >= 15 is 0 Å². The summed E-state index contributed by atoms with van der Waals surface area (Å²) in [6.07, 6.45) is 5.24. The molecule has 2 rings (SSSR count). The van der Waals surface area contributed by atoms with Crippen LogP contribution in [0.1, 0.15) is 37.5 Å². The van der Waals surface area contributed by atoms with E-state index in [1.165, 1.54) is 12.8 Å². The Balaban J connectivity index is 1.94. The molecule has 15 heavy (non-hydrogen) atoms. The van der Waals surface area contributed by atoms with E-state index in [2.05, 4.69) is 22.5 Å². The molecule has 0 aromatic carbocycles. The molecule has 2 atom stereocenters. The Hall–Kier alpha value is -0.870. The Morgan fingerprint density at radius 2 is 2.60 bits per heavy atom. The van der Waals surface area contributed by atoms with E-state index in [4.69, 9.17) is 4.42 Å². The number of hydrogen-bond donors (Lipinski definition) is 2. The van der Waals surface area contributed by atoms with Crippen LogP contribution in [0.15, 0.2) is 10.6 Å². The molecule has 4 nitrogen and oxygen atoms in total. The van der Waals surface area contributed by atoms with Crippen molar-refractivity contribution >= 4 is 0 Å². The molecule has 0 amide bonds. The number of oxazole rings is 1. The van der Waals surface area contributed by atoms with Crippen molar-refractivity contribution in [1.29, 1.82) is 0 Å². The molecule has 1 aliphatic rings. The minimum Gasteiger partial charge on any atom is -0.444 e. The first-order chi connectivity index (χ1) is 7.29. The molecule has 1 aliphatic heterocycles. The molecule has 0 spiro atoms. The SMILES string of the molecule is CNC(C)c1cnc(CC2CCCN2)o1. The fraction of sp³-hybridized carbons (Fsp3) is 0.727. The minimum atomic E-state index is 0.239. The van der Waals surface area contributed by atoms with E-state index in [1.807, 2.05) is 13.2 Å². The van der Waals surface area contributed by atoms with Gasteiger partial charge < -0.3 is 15.1 Å². The summed E-state index contributed by atoms with van der Waals surface area (Å²) in [5, 5.41) is 6.58. The number of hydrogen-bond acceptors (Lipinski definition) is 4. The van der Waals surface area contributed by atoms with Crippen LogP contribution in [0, 0.1) is 0 Å². The predicted octanol–water partition coefficient (Wildman–Crippen LogP) is 1.25. The first-order valence-electron chi connectivity index (χ1n) is 5.65. The van der Waals surface area contributed by atoms with Crippen molar-refractivity contribution in [3.05, 3.63) is 17.8 Å². The van der Waals surface area contributed by atoms with Gasteiger partial charge in [-0.15, -0.1) is 0 Å². The van der Waals surface area contributed by atoms with Crippen LogP contribution in [0.4, 0.5) is 0 Å². The molecular formula is C11H19N3O. The normalized spacial score (nSPS) is 23.2. The summed E-state index contributed by atoms with van der Waals surface area (Å²) in [7, 11) is 1.92. The third-order valence-electron chi connectivity index (χ3n) is 3.01. The highest BCUT2D eigenvalue weighted by atomic mass is 16.4. The maximum atomic E-state index is 5.68. The average Bonchev–Trinajstić information content (AvgIpc) is 2.88. The van der Waals surface area contributed by atoms with Gasteiger partial charge in [-0.05, 0) is 33.4 Å². The van der Waals surface area contributed by atoms with Crippen LogP contribution in [-0.4, -0.2) is 24.6 Å². The molecule has 2 heterocycles. The molecule has 0 radical (unpaired) electrons. The van der Waals surface area contributed by atoms with Crippen molar-refractivity contribution < 1.29 is 4.42 Å². The molecule has 0 saturated carbocycles. The molecule has 2 unspecified atom stereocenters. The minimum absolute atomic E-state index is 0.239. The summed E-state index contributed by atoms with van der Waals surface area (Å²) >= 11 is 0. The van der Waals surface area contributed by atoms with E-state index in [0.717, 1.165) is 24.6 Å². The molecule has 0 aliphatic carbocycles. The van der Waals surface area contributed by atoms with Crippen molar-refractivity contribution in [2.45, 2.75) is 38.3 Å². The van der Waals surface area contributed by atoms with Gasteiger partial charge in [0.2, 0.25) is 0 Å². The van der Waals surface area contributed by atoms with Crippen molar-refractivity contribution in [2.75, 3.05) is 13.6 Å².